The molecule has 2 aliphatic rings. The third kappa shape index (κ3) is 4.73. The molecule has 6 nitrogen and oxygen atoms in total. The number of hydrogen-bond acceptors (Lipinski definition) is 5. The highest BCUT2D eigenvalue weighted by molar-refractivity contribution is 6.02. The van der Waals surface area contributed by atoms with E-state index in [0.717, 1.165) is 47.7 Å². The van der Waals surface area contributed by atoms with Gasteiger partial charge in [-0.25, -0.2) is 0 Å². The van der Waals surface area contributed by atoms with Crippen LogP contribution in [0.1, 0.15) is 50.6 Å². The molecule has 1 aliphatic heterocycles. The first kappa shape index (κ1) is 23.6. The number of rotatable bonds is 6. The first-order valence-electron chi connectivity index (χ1n) is 12.7. The molecule has 1 amide bonds. The van der Waals surface area contributed by atoms with Crippen molar-refractivity contribution >= 4 is 22.4 Å². The van der Waals surface area contributed by atoms with Crippen molar-refractivity contribution in [1.82, 2.24) is 4.90 Å². The van der Waals surface area contributed by atoms with Gasteiger partial charge in [0, 0.05) is 29.6 Å². The lowest BCUT2D eigenvalue weighted by Gasteiger charge is -2.52. The smallest absolute Gasteiger partial charge is 0.238 e. The summed E-state index contributed by atoms with van der Waals surface area (Å²) in [6, 6.07) is 19.2. The summed E-state index contributed by atoms with van der Waals surface area (Å²) < 4.78 is 5.66. The van der Waals surface area contributed by atoms with Gasteiger partial charge in [0.05, 0.1) is 18.8 Å². The Balaban J connectivity index is 1.43. The molecule has 3 atom stereocenters. The van der Waals surface area contributed by atoms with Crippen molar-refractivity contribution in [3.63, 3.8) is 0 Å². The van der Waals surface area contributed by atoms with Crippen molar-refractivity contribution in [2.75, 3.05) is 25.0 Å². The van der Waals surface area contributed by atoms with Gasteiger partial charge in [-0.2, -0.15) is 0 Å². The first-order valence-corrected chi connectivity index (χ1v) is 12.7. The molecule has 1 saturated carbocycles. The SMILES string of the molecule is CCOc1cc([C@@H]2[C@H]3CCCC[C@@]3(O)CCN2CC(=O)Nc2cccc3ccccc23)ccc1O. The van der Waals surface area contributed by atoms with E-state index in [-0.39, 0.29) is 30.2 Å². The van der Waals surface area contributed by atoms with Crippen molar-refractivity contribution in [1.29, 1.82) is 0 Å². The van der Waals surface area contributed by atoms with Crippen LogP contribution < -0.4 is 10.1 Å². The van der Waals surface area contributed by atoms with Gasteiger partial charge < -0.3 is 20.3 Å². The molecule has 0 aromatic heterocycles. The Hall–Kier alpha value is -3.09. The number of amides is 1. The number of aromatic hydroxyl groups is 1. The van der Waals surface area contributed by atoms with E-state index >= 15 is 0 Å². The van der Waals surface area contributed by atoms with Crippen LogP contribution in [0, 0.1) is 5.92 Å². The molecule has 3 aromatic rings. The fraction of sp³-hybridized carbons (Fsp3) is 0.414. The Morgan fingerprint density at radius 2 is 1.94 bits per heavy atom. The van der Waals surface area contributed by atoms with E-state index in [9.17, 15) is 15.0 Å². The molecule has 3 N–H and O–H groups in total. The summed E-state index contributed by atoms with van der Waals surface area (Å²) in [6.45, 7) is 3.19. The van der Waals surface area contributed by atoms with Crippen molar-refractivity contribution in [2.45, 2.75) is 50.7 Å². The molecule has 0 bridgehead atoms. The Morgan fingerprint density at radius 3 is 2.80 bits per heavy atom. The molecule has 0 spiro atoms. The van der Waals surface area contributed by atoms with Crippen LogP contribution in [-0.2, 0) is 4.79 Å². The largest absolute Gasteiger partial charge is 0.504 e. The molecule has 5 rings (SSSR count). The normalized spacial score (nSPS) is 24.6. The highest BCUT2D eigenvalue weighted by Crippen LogP contribution is 2.50. The number of nitrogens with zero attached hydrogens (tertiary/aromatic N) is 1. The van der Waals surface area contributed by atoms with Gasteiger partial charge >= 0.3 is 0 Å². The van der Waals surface area contributed by atoms with Crippen LogP contribution in [0.15, 0.2) is 60.7 Å². The van der Waals surface area contributed by atoms with Gasteiger partial charge in [-0.1, -0.05) is 55.3 Å². The van der Waals surface area contributed by atoms with Crippen LogP contribution >= 0.6 is 0 Å². The average Bonchev–Trinajstić information content (AvgIpc) is 2.86. The number of benzene rings is 3. The maximum atomic E-state index is 13.3. The molecule has 2 fully saturated rings. The van der Waals surface area contributed by atoms with E-state index in [2.05, 4.69) is 10.2 Å². The summed E-state index contributed by atoms with van der Waals surface area (Å²) in [5.74, 6) is 0.492. The molecular formula is C29H34N2O4. The highest BCUT2D eigenvalue weighted by Gasteiger charge is 2.49. The van der Waals surface area contributed by atoms with E-state index in [1.807, 2.05) is 61.5 Å². The number of carbonyl (C=O) groups is 1. The van der Waals surface area contributed by atoms with E-state index in [1.54, 1.807) is 6.07 Å². The minimum Gasteiger partial charge on any atom is -0.504 e. The van der Waals surface area contributed by atoms with Crippen LogP contribution in [0.5, 0.6) is 11.5 Å². The number of hydrogen-bond donors (Lipinski definition) is 3. The summed E-state index contributed by atoms with van der Waals surface area (Å²) in [4.78, 5) is 15.5. The summed E-state index contributed by atoms with van der Waals surface area (Å²) >= 11 is 0. The van der Waals surface area contributed by atoms with Gasteiger partial charge in [0.1, 0.15) is 0 Å². The van der Waals surface area contributed by atoms with Crippen LogP contribution in [0.25, 0.3) is 10.8 Å². The quantitative estimate of drug-likeness (QED) is 0.455. The van der Waals surface area contributed by atoms with E-state index in [1.165, 1.54) is 0 Å². The Kier molecular flexibility index (Phi) is 6.67. The lowest BCUT2D eigenvalue weighted by molar-refractivity contribution is -0.135. The lowest BCUT2D eigenvalue weighted by atomic mass is 9.66. The maximum absolute atomic E-state index is 13.3. The van der Waals surface area contributed by atoms with Gasteiger partial charge in [-0.3, -0.25) is 9.69 Å². The predicted molar refractivity (Wildman–Crippen MR) is 138 cm³/mol. The second kappa shape index (κ2) is 9.88. The summed E-state index contributed by atoms with van der Waals surface area (Å²) in [6.07, 6.45) is 4.46. The van der Waals surface area contributed by atoms with Crippen LogP contribution in [0.2, 0.25) is 0 Å². The van der Waals surface area contributed by atoms with E-state index in [4.69, 9.17) is 4.74 Å². The van der Waals surface area contributed by atoms with Gasteiger partial charge in [0.15, 0.2) is 11.5 Å². The van der Waals surface area contributed by atoms with Crippen molar-refractivity contribution < 1.29 is 19.7 Å². The Morgan fingerprint density at radius 1 is 1.11 bits per heavy atom. The van der Waals surface area contributed by atoms with Gasteiger partial charge in [-0.05, 0) is 55.3 Å². The fourth-order valence-electron chi connectivity index (χ4n) is 6.06. The molecule has 1 saturated heterocycles. The zero-order chi connectivity index (χ0) is 24.4. The van der Waals surface area contributed by atoms with Crippen molar-refractivity contribution in [3.8, 4) is 11.5 Å². The average molecular weight is 475 g/mol. The minimum atomic E-state index is -0.727. The van der Waals surface area contributed by atoms with Crippen molar-refractivity contribution in [2.24, 2.45) is 5.92 Å². The number of ether oxygens (including phenoxy) is 1. The molecular weight excluding hydrogens is 440 g/mol. The maximum Gasteiger partial charge on any atom is 0.238 e. The third-order valence-electron chi connectivity index (χ3n) is 7.71. The standard InChI is InChI=1S/C29H34N2O4/c1-2-35-26-18-21(13-14-25(26)32)28-23-11-5-6-15-29(23,34)16-17-31(28)19-27(33)30-24-12-7-9-20-8-3-4-10-22(20)24/h3-4,7-10,12-14,18,23,28,32,34H,2,5-6,11,15-17,19H2,1H3,(H,30,33)/t23-,28-,29-/m1/s1. The van der Waals surface area contributed by atoms with E-state index < -0.39 is 5.60 Å². The van der Waals surface area contributed by atoms with Crippen molar-refractivity contribution in [3.05, 3.63) is 66.2 Å². The molecule has 1 heterocycles. The summed E-state index contributed by atoms with van der Waals surface area (Å²) in [7, 11) is 0. The number of phenols is 1. The van der Waals surface area contributed by atoms with E-state index in [0.29, 0.717) is 25.3 Å². The Bertz CT molecular complexity index is 1210. The highest BCUT2D eigenvalue weighted by atomic mass is 16.5. The third-order valence-corrected chi connectivity index (χ3v) is 7.71. The zero-order valence-corrected chi connectivity index (χ0v) is 20.2. The molecule has 3 aromatic carbocycles. The number of carbonyl (C=O) groups excluding carboxylic acids is 1. The van der Waals surface area contributed by atoms with Crippen LogP contribution in [0.3, 0.4) is 0 Å². The molecule has 184 valence electrons. The summed E-state index contributed by atoms with van der Waals surface area (Å²) in [5.41, 5.74) is 1.04. The second-order valence-electron chi connectivity index (χ2n) is 9.86. The van der Waals surface area contributed by atoms with Gasteiger partial charge in [0.2, 0.25) is 5.91 Å². The minimum absolute atomic E-state index is 0.0226. The van der Waals surface area contributed by atoms with Gasteiger partial charge in [-0.15, -0.1) is 0 Å². The summed E-state index contributed by atoms with van der Waals surface area (Å²) in [5, 5.41) is 27.0. The first-order chi connectivity index (χ1) is 17.0. The number of piperidine rings is 1. The topological polar surface area (TPSA) is 82.0 Å². The zero-order valence-electron chi connectivity index (χ0n) is 20.2. The molecule has 0 unspecified atom stereocenters. The van der Waals surface area contributed by atoms with Crippen LogP contribution in [-0.4, -0.2) is 46.3 Å². The molecule has 6 heteroatoms. The van der Waals surface area contributed by atoms with Gasteiger partial charge in [0.25, 0.3) is 0 Å². The predicted octanol–water partition coefficient (Wildman–Crippen LogP) is 5.25. The number of fused-ring (bicyclic) bond motifs is 2. The molecule has 0 radical (unpaired) electrons. The number of nitrogens with one attached hydrogen (secondary N) is 1. The lowest BCUT2D eigenvalue weighted by Crippen LogP contribution is -2.56. The fourth-order valence-corrected chi connectivity index (χ4v) is 6.06. The number of likely N-dealkylation sites (tertiary alicyclic amines) is 1. The second-order valence-corrected chi connectivity index (χ2v) is 9.86. The molecule has 35 heavy (non-hydrogen) atoms. The Labute approximate surface area is 206 Å². The monoisotopic (exact) mass is 474 g/mol. The number of phenolic OH excluding ortho intramolecular Hbond substituents is 1. The van der Waals surface area contributed by atoms with Crippen LogP contribution in [0.4, 0.5) is 5.69 Å². The molecule has 1 aliphatic carbocycles. The number of aliphatic hydroxyl groups is 1. The number of anilines is 1.